The van der Waals surface area contributed by atoms with Gasteiger partial charge < -0.3 is 9.94 Å². The third-order valence-corrected chi connectivity index (χ3v) is 3.48. The van der Waals surface area contributed by atoms with Crippen LogP contribution in [-0.4, -0.2) is 23.9 Å². The highest BCUT2D eigenvalue weighted by atomic mass is 16.6. The minimum absolute atomic E-state index is 0.0224. The molecule has 0 aliphatic heterocycles. The summed E-state index contributed by atoms with van der Waals surface area (Å²) in [6.07, 6.45) is 4.13. The van der Waals surface area contributed by atoms with E-state index in [0.29, 0.717) is 12.5 Å². The Morgan fingerprint density at radius 2 is 2.27 bits per heavy atom. The first-order valence-electron chi connectivity index (χ1n) is 5.41. The van der Waals surface area contributed by atoms with Gasteiger partial charge in [-0.05, 0) is 24.2 Å². The molecule has 0 aromatic heterocycles. The molecule has 4 nitrogen and oxygen atoms in total. The molecule has 2 saturated carbocycles. The zero-order valence-corrected chi connectivity index (χ0v) is 9.14. The van der Waals surface area contributed by atoms with Crippen LogP contribution in [0.4, 0.5) is 0 Å². The lowest BCUT2D eigenvalue weighted by molar-refractivity contribution is -0.139. The summed E-state index contributed by atoms with van der Waals surface area (Å²) in [5.41, 5.74) is -0.168. The topological polar surface area (TPSA) is 58.9 Å². The van der Waals surface area contributed by atoms with Gasteiger partial charge in [0.1, 0.15) is 6.61 Å². The molecule has 0 radical (unpaired) electrons. The molecule has 0 bridgehead atoms. The SMILES string of the molecule is CC1(C)C(/C=N/OCC2CC2)C1C(=O)O. The number of rotatable bonds is 5. The number of carboxylic acids is 1. The first-order valence-corrected chi connectivity index (χ1v) is 5.41. The highest BCUT2D eigenvalue weighted by molar-refractivity contribution is 5.84. The summed E-state index contributed by atoms with van der Waals surface area (Å²) in [6.45, 7) is 4.58. The van der Waals surface area contributed by atoms with Crippen molar-refractivity contribution in [3.63, 3.8) is 0 Å². The third kappa shape index (κ3) is 2.13. The number of hydrogen-bond donors (Lipinski definition) is 1. The highest BCUT2D eigenvalue weighted by Gasteiger charge is 2.61. The average molecular weight is 211 g/mol. The second-order valence-corrected chi connectivity index (χ2v) is 5.16. The van der Waals surface area contributed by atoms with Crippen molar-refractivity contribution in [1.82, 2.24) is 0 Å². The second-order valence-electron chi connectivity index (χ2n) is 5.16. The van der Waals surface area contributed by atoms with Crippen LogP contribution >= 0.6 is 0 Å². The Morgan fingerprint density at radius 1 is 1.60 bits per heavy atom. The Morgan fingerprint density at radius 3 is 2.73 bits per heavy atom. The van der Waals surface area contributed by atoms with Crippen LogP contribution in [0.2, 0.25) is 0 Å². The molecule has 2 aliphatic carbocycles. The van der Waals surface area contributed by atoms with Gasteiger partial charge in [-0.25, -0.2) is 0 Å². The quantitative estimate of drug-likeness (QED) is 0.556. The number of aliphatic carboxylic acids is 1. The number of carboxylic acid groups (broad SMARTS) is 1. The van der Waals surface area contributed by atoms with Crippen molar-refractivity contribution in [2.75, 3.05) is 6.61 Å². The summed E-state index contributed by atoms with van der Waals surface area (Å²) in [6, 6.07) is 0. The van der Waals surface area contributed by atoms with E-state index in [-0.39, 0.29) is 17.3 Å². The molecule has 4 heteroatoms. The van der Waals surface area contributed by atoms with Gasteiger partial charge in [0, 0.05) is 12.1 Å². The van der Waals surface area contributed by atoms with E-state index >= 15 is 0 Å². The lowest BCUT2D eigenvalue weighted by atomic mass is 10.1. The summed E-state index contributed by atoms with van der Waals surface area (Å²) < 4.78 is 0. The Hall–Kier alpha value is -1.06. The molecular weight excluding hydrogens is 194 g/mol. The average Bonchev–Trinajstić information content (AvgIpc) is 2.98. The molecule has 2 atom stereocenters. The maximum absolute atomic E-state index is 10.8. The third-order valence-electron chi connectivity index (χ3n) is 3.48. The molecule has 2 rings (SSSR count). The molecule has 0 spiro atoms. The molecular formula is C11H17NO3. The van der Waals surface area contributed by atoms with Gasteiger partial charge in [0.05, 0.1) is 5.92 Å². The zero-order valence-electron chi connectivity index (χ0n) is 9.14. The van der Waals surface area contributed by atoms with E-state index in [9.17, 15) is 4.79 Å². The van der Waals surface area contributed by atoms with Crippen molar-refractivity contribution in [2.24, 2.45) is 28.3 Å². The molecule has 0 amide bonds. The number of hydrogen-bond acceptors (Lipinski definition) is 3. The molecule has 2 fully saturated rings. The van der Waals surface area contributed by atoms with Crippen LogP contribution in [0.1, 0.15) is 26.7 Å². The van der Waals surface area contributed by atoms with Crippen molar-refractivity contribution >= 4 is 12.2 Å². The fraction of sp³-hybridized carbons (Fsp3) is 0.818. The van der Waals surface area contributed by atoms with Crippen molar-refractivity contribution < 1.29 is 14.7 Å². The lowest BCUT2D eigenvalue weighted by Crippen LogP contribution is -2.03. The largest absolute Gasteiger partial charge is 0.481 e. The maximum atomic E-state index is 10.8. The smallest absolute Gasteiger partial charge is 0.307 e. The molecule has 2 aliphatic rings. The number of oxime groups is 1. The number of nitrogens with zero attached hydrogens (tertiary/aromatic N) is 1. The monoisotopic (exact) mass is 211 g/mol. The van der Waals surface area contributed by atoms with Gasteiger partial charge in [0.15, 0.2) is 0 Å². The van der Waals surface area contributed by atoms with Crippen LogP contribution in [-0.2, 0) is 9.63 Å². The maximum Gasteiger partial charge on any atom is 0.307 e. The molecule has 0 aromatic carbocycles. The molecule has 15 heavy (non-hydrogen) atoms. The Bertz CT molecular complexity index is 294. The minimum atomic E-state index is -0.737. The van der Waals surface area contributed by atoms with Crippen molar-refractivity contribution in [2.45, 2.75) is 26.7 Å². The standard InChI is InChI=1S/C11H17NO3/c1-11(2)8(9(11)10(13)14)5-12-15-6-7-3-4-7/h5,7-9H,3-4,6H2,1-2H3,(H,13,14)/b12-5+. The fourth-order valence-electron chi connectivity index (χ4n) is 1.97. The van der Waals surface area contributed by atoms with Crippen LogP contribution in [0.15, 0.2) is 5.16 Å². The first kappa shape index (κ1) is 10.5. The van der Waals surface area contributed by atoms with Crippen LogP contribution in [0, 0.1) is 23.2 Å². The molecule has 0 heterocycles. The van der Waals surface area contributed by atoms with E-state index in [1.54, 1.807) is 6.21 Å². The summed E-state index contributed by atoms with van der Waals surface area (Å²) in [7, 11) is 0. The summed E-state index contributed by atoms with van der Waals surface area (Å²) >= 11 is 0. The van der Waals surface area contributed by atoms with Crippen LogP contribution in [0.3, 0.4) is 0 Å². The van der Waals surface area contributed by atoms with Crippen LogP contribution in [0.25, 0.3) is 0 Å². The molecule has 84 valence electrons. The van der Waals surface area contributed by atoms with Crippen molar-refractivity contribution in [3.8, 4) is 0 Å². The summed E-state index contributed by atoms with van der Waals surface area (Å²) in [5.74, 6) is -0.330. The Kier molecular flexibility index (Phi) is 2.44. The molecule has 1 N–H and O–H groups in total. The second kappa shape index (κ2) is 3.51. The van der Waals surface area contributed by atoms with Gasteiger partial charge in [0.2, 0.25) is 0 Å². The van der Waals surface area contributed by atoms with Gasteiger partial charge in [-0.2, -0.15) is 0 Å². The van der Waals surface area contributed by atoms with Crippen molar-refractivity contribution in [3.05, 3.63) is 0 Å². The van der Waals surface area contributed by atoms with Crippen LogP contribution in [0.5, 0.6) is 0 Å². The lowest BCUT2D eigenvalue weighted by Gasteiger charge is -1.97. The zero-order chi connectivity index (χ0) is 11.1. The van der Waals surface area contributed by atoms with Gasteiger partial charge in [-0.15, -0.1) is 0 Å². The van der Waals surface area contributed by atoms with Crippen LogP contribution < -0.4 is 0 Å². The normalized spacial score (nSPS) is 32.9. The Balaban J connectivity index is 1.77. The fourth-order valence-corrected chi connectivity index (χ4v) is 1.97. The van der Waals surface area contributed by atoms with E-state index in [0.717, 1.165) is 0 Å². The summed E-state index contributed by atoms with van der Waals surface area (Å²) in [5, 5.41) is 12.8. The van der Waals surface area contributed by atoms with Gasteiger partial charge >= 0.3 is 5.97 Å². The van der Waals surface area contributed by atoms with Crippen molar-refractivity contribution in [1.29, 1.82) is 0 Å². The molecule has 2 unspecified atom stereocenters. The van der Waals surface area contributed by atoms with E-state index in [1.807, 2.05) is 13.8 Å². The van der Waals surface area contributed by atoms with E-state index in [1.165, 1.54) is 12.8 Å². The summed E-state index contributed by atoms with van der Waals surface area (Å²) in [4.78, 5) is 15.9. The minimum Gasteiger partial charge on any atom is -0.481 e. The Labute approximate surface area is 89.3 Å². The van der Waals surface area contributed by atoms with E-state index < -0.39 is 5.97 Å². The molecule has 0 aromatic rings. The number of carbonyl (C=O) groups is 1. The van der Waals surface area contributed by atoms with Gasteiger partial charge in [0.25, 0.3) is 0 Å². The predicted molar refractivity (Wildman–Crippen MR) is 55.6 cm³/mol. The molecule has 0 saturated heterocycles. The highest BCUT2D eigenvalue weighted by Crippen LogP contribution is 2.57. The van der Waals surface area contributed by atoms with E-state index in [4.69, 9.17) is 9.94 Å². The van der Waals surface area contributed by atoms with E-state index in [2.05, 4.69) is 5.16 Å². The van der Waals surface area contributed by atoms with Gasteiger partial charge in [-0.3, -0.25) is 4.79 Å². The predicted octanol–water partition coefficient (Wildman–Crippen LogP) is 1.76. The van der Waals surface area contributed by atoms with Gasteiger partial charge in [-0.1, -0.05) is 19.0 Å². The first-order chi connectivity index (χ1) is 7.03.